The Morgan fingerprint density at radius 2 is 1.93 bits per heavy atom. The van der Waals surface area contributed by atoms with E-state index >= 15 is 0 Å². The molecule has 0 atom stereocenters. The number of aryl methyl sites for hydroxylation is 1. The molecule has 0 radical (unpaired) electrons. The smallest absolute Gasteiger partial charge is 0.343 e. The lowest BCUT2D eigenvalue weighted by Gasteiger charge is -2.20. The summed E-state index contributed by atoms with van der Waals surface area (Å²) < 4.78 is 3.54. The van der Waals surface area contributed by atoms with E-state index in [4.69, 9.17) is 17.0 Å². The highest BCUT2D eigenvalue weighted by Crippen LogP contribution is 2.27. The normalized spacial score (nSPS) is 11.6. The third-order valence-corrected chi connectivity index (χ3v) is 5.03. The highest BCUT2D eigenvalue weighted by molar-refractivity contribution is 6.27. The van der Waals surface area contributed by atoms with E-state index in [-0.39, 0.29) is 11.3 Å². The molecule has 27 heavy (non-hydrogen) atoms. The van der Waals surface area contributed by atoms with E-state index in [1.54, 1.807) is 23.6 Å². The maximum Gasteiger partial charge on any atom is 0.397 e. The van der Waals surface area contributed by atoms with Crippen LogP contribution >= 0.6 is 11.6 Å². The van der Waals surface area contributed by atoms with Gasteiger partial charge in [0.05, 0.1) is 12.4 Å². The molecule has 1 amide bonds. The molecule has 0 spiro atoms. The summed E-state index contributed by atoms with van der Waals surface area (Å²) in [6.07, 6.45) is 3.29. The Hall–Kier alpha value is -2.73. The van der Waals surface area contributed by atoms with Crippen LogP contribution in [0.4, 0.5) is 0 Å². The van der Waals surface area contributed by atoms with Crippen LogP contribution in [0.15, 0.2) is 36.5 Å². The van der Waals surface area contributed by atoms with Crippen molar-refractivity contribution in [2.45, 2.75) is 19.3 Å². The Labute approximate surface area is 163 Å². The highest BCUT2D eigenvalue weighted by atomic mass is 35.5. The molecule has 1 N–H and O–H groups in total. The number of rotatable bonds is 4. The van der Waals surface area contributed by atoms with Gasteiger partial charge in [0, 0.05) is 43.0 Å². The minimum atomic E-state index is -0.352. The topological polar surface area (TPSA) is 65.9 Å². The van der Waals surface area contributed by atoms with Gasteiger partial charge in [-0.2, -0.15) is 0 Å². The summed E-state index contributed by atoms with van der Waals surface area (Å²) in [5.41, 5.74) is 2.63. The molecule has 0 saturated heterocycles. The van der Waals surface area contributed by atoms with Crippen molar-refractivity contribution in [3.63, 3.8) is 0 Å². The molecule has 3 rings (SSSR count). The van der Waals surface area contributed by atoms with Gasteiger partial charge >= 0.3 is 5.28 Å². The van der Waals surface area contributed by atoms with Crippen LogP contribution in [0, 0.1) is 5.41 Å². The molecule has 7 heteroatoms. The van der Waals surface area contributed by atoms with Crippen molar-refractivity contribution in [3.05, 3.63) is 53.1 Å². The van der Waals surface area contributed by atoms with Gasteiger partial charge in [0.25, 0.3) is 11.6 Å². The number of nitrogens with zero attached hydrogens (tertiary/aromatic N) is 4. The van der Waals surface area contributed by atoms with Crippen molar-refractivity contribution >= 4 is 34.8 Å². The average molecular weight is 385 g/mol. The summed E-state index contributed by atoms with van der Waals surface area (Å²) in [7, 11) is 5.26. The second-order valence-electron chi connectivity index (χ2n) is 7.38. The number of carbonyl (C=O) groups excluding carboxylic acids is 1. The zero-order chi connectivity index (χ0) is 19.9. The van der Waals surface area contributed by atoms with Crippen molar-refractivity contribution in [3.8, 4) is 5.69 Å². The van der Waals surface area contributed by atoms with Gasteiger partial charge in [-0.3, -0.25) is 9.36 Å². The van der Waals surface area contributed by atoms with Crippen molar-refractivity contribution in [2.24, 2.45) is 7.05 Å². The predicted octanol–water partition coefficient (Wildman–Crippen LogP) is 3.13. The lowest BCUT2D eigenvalue weighted by Crippen LogP contribution is -2.30. The standard InChI is InChI=1S/C20H23ClN5O/c1-20(2,12-22)14-6-8-15(9-7-14)26-16(18(27)24(3)4)10-13-11-25(5)19(21)23-17(13)26/h6-12,22H,1-5H3/q+1. The Bertz CT molecular complexity index is 1030. The van der Waals surface area contributed by atoms with Crippen molar-refractivity contribution < 1.29 is 9.36 Å². The molecule has 0 unspecified atom stereocenters. The van der Waals surface area contributed by atoms with Crippen LogP contribution in [0.3, 0.4) is 0 Å². The molecule has 0 aliphatic rings. The summed E-state index contributed by atoms with van der Waals surface area (Å²) in [6, 6.07) is 9.65. The van der Waals surface area contributed by atoms with E-state index < -0.39 is 0 Å². The monoisotopic (exact) mass is 384 g/mol. The Morgan fingerprint density at radius 3 is 2.48 bits per heavy atom. The van der Waals surface area contributed by atoms with Crippen molar-refractivity contribution in [1.82, 2.24) is 14.5 Å². The van der Waals surface area contributed by atoms with Crippen LogP contribution in [0.25, 0.3) is 16.7 Å². The van der Waals surface area contributed by atoms with E-state index in [0.717, 1.165) is 16.6 Å². The fraction of sp³-hybridized carbons (Fsp3) is 0.300. The third kappa shape index (κ3) is 3.32. The maximum atomic E-state index is 12.8. The molecule has 0 bridgehead atoms. The fourth-order valence-corrected chi connectivity index (χ4v) is 3.06. The second-order valence-corrected chi connectivity index (χ2v) is 7.72. The number of nitrogens with one attached hydrogen (secondary N) is 1. The summed E-state index contributed by atoms with van der Waals surface area (Å²) >= 11 is 6.22. The van der Waals surface area contributed by atoms with Crippen LogP contribution < -0.4 is 4.57 Å². The van der Waals surface area contributed by atoms with Gasteiger partial charge in [-0.1, -0.05) is 26.0 Å². The number of hydrogen-bond acceptors (Lipinski definition) is 3. The van der Waals surface area contributed by atoms with Crippen molar-refractivity contribution in [1.29, 1.82) is 5.41 Å². The van der Waals surface area contributed by atoms with E-state index in [9.17, 15) is 4.79 Å². The van der Waals surface area contributed by atoms with E-state index in [0.29, 0.717) is 16.6 Å². The Morgan fingerprint density at radius 1 is 1.30 bits per heavy atom. The number of fused-ring (bicyclic) bond motifs is 1. The molecule has 2 aromatic heterocycles. The maximum absolute atomic E-state index is 12.8. The quantitative estimate of drug-likeness (QED) is 0.426. The molecule has 140 valence electrons. The van der Waals surface area contributed by atoms with Gasteiger partial charge in [-0.15, -0.1) is 0 Å². The van der Waals surface area contributed by atoms with Gasteiger partial charge in [0.15, 0.2) is 0 Å². The molecule has 1 aromatic carbocycles. The van der Waals surface area contributed by atoms with Crippen LogP contribution in [0.2, 0.25) is 5.28 Å². The first kappa shape index (κ1) is 19.0. The minimum Gasteiger partial charge on any atom is -0.343 e. The molecule has 3 aromatic rings. The predicted molar refractivity (Wildman–Crippen MR) is 107 cm³/mol. The number of benzene rings is 1. The summed E-state index contributed by atoms with van der Waals surface area (Å²) in [6.45, 7) is 3.98. The molecular weight excluding hydrogens is 362 g/mol. The summed E-state index contributed by atoms with van der Waals surface area (Å²) in [5.74, 6) is -0.115. The Balaban J connectivity index is 2.25. The SMILES string of the molecule is CN(C)C(=O)c1cc2c[n+](C)c(Cl)nc2n1-c1ccc(C(C)(C)C=N)cc1. The van der Waals surface area contributed by atoms with Gasteiger partial charge in [0.2, 0.25) is 0 Å². The van der Waals surface area contributed by atoms with E-state index in [2.05, 4.69) is 4.98 Å². The highest BCUT2D eigenvalue weighted by Gasteiger charge is 2.25. The zero-order valence-electron chi connectivity index (χ0n) is 16.1. The van der Waals surface area contributed by atoms with E-state index in [1.807, 2.05) is 62.0 Å². The first-order valence-electron chi connectivity index (χ1n) is 8.57. The minimum absolute atomic E-state index is 0.115. The fourth-order valence-electron chi connectivity index (χ4n) is 2.93. The average Bonchev–Trinajstić information content (AvgIpc) is 2.99. The summed E-state index contributed by atoms with van der Waals surface area (Å²) in [4.78, 5) is 18.8. The summed E-state index contributed by atoms with van der Waals surface area (Å²) in [5, 5.41) is 8.79. The van der Waals surface area contributed by atoms with Crippen LogP contribution in [0.1, 0.15) is 29.9 Å². The largest absolute Gasteiger partial charge is 0.397 e. The molecule has 2 heterocycles. The van der Waals surface area contributed by atoms with Crippen LogP contribution in [0.5, 0.6) is 0 Å². The molecule has 0 saturated carbocycles. The lowest BCUT2D eigenvalue weighted by atomic mass is 9.86. The van der Waals surface area contributed by atoms with Gasteiger partial charge in [-0.05, 0) is 28.7 Å². The molecule has 0 aliphatic carbocycles. The van der Waals surface area contributed by atoms with Gasteiger partial charge in [0.1, 0.15) is 11.9 Å². The number of halogens is 1. The van der Waals surface area contributed by atoms with Crippen molar-refractivity contribution in [2.75, 3.05) is 14.1 Å². The number of aromatic nitrogens is 3. The molecule has 0 fully saturated rings. The zero-order valence-corrected chi connectivity index (χ0v) is 16.9. The molecule has 0 aliphatic heterocycles. The van der Waals surface area contributed by atoms with E-state index in [1.165, 1.54) is 6.21 Å². The number of amides is 1. The lowest BCUT2D eigenvalue weighted by molar-refractivity contribution is -0.670. The Kier molecular flexibility index (Phi) is 4.78. The first-order chi connectivity index (χ1) is 12.7. The van der Waals surface area contributed by atoms with Gasteiger partial charge in [-0.25, -0.2) is 4.57 Å². The second kappa shape index (κ2) is 6.78. The van der Waals surface area contributed by atoms with Gasteiger partial charge < -0.3 is 10.3 Å². The van der Waals surface area contributed by atoms with Crippen LogP contribution in [-0.2, 0) is 12.5 Å². The number of hydrogen-bond donors (Lipinski definition) is 1. The number of carbonyl (C=O) groups is 1. The third-order valence-electron chi connectivity index (χ3n) is 4.68. The molecule has 6 nitrogen and oxygen atoms in total. The first-order valence-corrected chi connectivity index (χ1v) is 8.95. The molecular formula is C20H23ClN5O+. The van der Waals surface area contributed by atoms with Crippen LogP contribution in [-0.4, -0.2) is 40.7 Å².